The third-order valence-corrected chi connectivity index (χ3v) is 3.91. The molecule has 0 radical (unpaired) electrons. The quantitative estimate of drug-likeness (QED) is 0.564. The first-order chi connectivity index (χ1) is 7.66. The van der Waals surface area contributed by atoms with Crippen molar-refractivity contribution in [3.05, 3.63) is 10.6 Å². The lowest BCUT2D eigenvalue weighted by Gasteiger charge is -2.41. The van der Waals surface area contributed by atoms with Gasteiger partial charge in [0.05, 0.1) is 6.61 Å². The van der Waals surface area contributed by atoms with Crippen molar-refractivity contribution >= 4 is 23.4 Å². The van der Waals surface area contributed by atoms with Crippen molar-refractivity contribution in [2.75, 3.05) is 6.61 Å². The summed E-state index contributed by atoms with van der Waals surface area (Å²) in [6, 6.07) is 0. The van der Waals surface area contributed by atoms with Crippen LogP contribution in [0.25, 0.3) is 0 Å². The second kappa shape index (κ2) is 4.58. The molecule has 0 saturated heterocycles. The molecule has 2 aliphatic carbocycles. The van der Waals surface area contributed by atoms with Crippen LogP contribution in [0.3, 0.4) is 0 Å². The van der Waals surface area contributed by atoms with Gasteiger partial charge in [0.15, 0.2) is 0 Å². The maximum atomic E-state index is 11.8. The van der Waals surface area contributed by atoms with Crippen molar-refractivity contribution in [1.82, 2.24) is 0 Å². The molecular formula is C12H15ClO3. The first-order valence-electron chi connectivity index (χ1n) is 5.77. The van der Waals surface area contributed by atoms with E-state index in [1.54, 1.807) is 6.92 Å². The zero-order valence-electron chi connectivity index (χ0n) is 9.29. The second-order valence-corrected chi connectivity index (χ2v) is 4.72. The molecular weight excluding hydrogens is 228 g/mol. The van der Waals surface area contributed by atoms with Gasteiger partial charge in [-0.05, 0) is 25.7 Å². The Kier molecular flexibility index (Phi) is 3.33. The monoisotopic (exact) mass is 242 g/mol. The number of allylic oxidation sites excluding steroid dienone is 1. The Balaban J connectivity index is 2.12. The summed E-state index contributed by atoms with van der Waals surface area (Å²) in [5.41, 5.74) is 0.518. The molecule has 0 aromatic rings. The van der Waals surface area contributed by atoms with E-state index in [-0.39, 0.29) is 12.5 Å². The van der Waals surface area contributed by atoms with Crippen molar-refractivity contribution in [1.29, 1.82) is 0 Å². The van der Waals surface area contributed by atoms with Crippen LogP contribution in [0, 0.1) is 11.8 Å². The summed E-state index contributed by atoms with van der Waals surface area (Å²) in [6.45, 7) is 1.91. The Morgan fingerprint density at radius 1 is 1.31 bits per heavy atom. The maximum Gasteiger partial charge on any atom is 0.379 e. The summed E-state index contributed by atoms with van der Waals surface area (Å²) in [5, 5.41) is 0.600. The molecule has 0 spiro atoms. The minimum Gasteiger partial charge on any atom is -0.460 e. The third kappa shape index (κ3) is 1.77. The average molecular weight is 243 g/mol. The van der Waals surface area contributed by atoms with E-state index in [9.17, 15) is 9.59 Å². The van der Waals surface area contributed by atoms with Gasteiger partial charge in [-0.3, -0.25) is 4.79 Å². The topological polar surface area (TPSA) is 43.4 Å². The Bertz CT molecular complexity index is 359. The van der Waals surface area contributed by atoms with Crippen LogP contribution in [-0.2, 0) is 14.3 Å². The third-order valence-electron chi connectivity index (χ3n) is 3.43. The molecule has 2 aliphatic rings. The number of carbonyl (C=O) groups excluding carboxylic acids is 2. The van der Waals surface area contributed by atoms with Gasteiger partial charge in [0.2, 0.25) is 0 Å². The Hall–Kier alpha value is -0.830. The number of carbonyl (C=O) groups is 2. The number of ether oxygens (including phenoxy) is 1. The number of hydrogen-bond donors (Lipinski definition) is 0. The van der Waals surface area contributed by atoms with Gasteiger partial charge in [0.1, 0.15) is 0 Å². The van der Waals surface area contributed by atoms with Gasteiger partial charge in [-0.1, -0.05) is 24.4 Å². The Morgan fingerprint density at radius 2 is 1.94 bits per heavy atom. The lowest BCUT2D eigenvalue weighted by molar-refractivity contribution is -0.152. The zero-order valence-corrected chi connectivity index (χ0v) is 10.0. The van der Waals surface area contributed by atoms with E-state index >= 15 is 0 Å². The van der Waals surface area contributed by atoms with Crippen LogP contribution in [0.5, 0.6) is 0 Å². The molecule has 0 heterocycles. The van der Waals surface area contributed by atoms with Crippen LogP contribution >= 0.6 is 11.6 Å². The smallest absolute Gasteiger partial charge is 0.379 e. The van der Waals surface area contributed by atoms with Crippen molar-refractivity contribution in [2.24, 2.45) is 11.8 Å². The minimum absolute atomic E-state index is 0.207. The summed E-state index contributed by atoms with van der Waals surface area (Å²) < 4.78 is 4.71. The van der Waals surface area contributed by atoms with E-state index in [2.05, 4.69) is 0 Å². The van der Waals surface area contributed by atoms with Gasteiger partial charge in [-0.2, -0.15) is 0 Å². The van der Waals surface area contributed by atoms with E-state index in [0.717, 1.165) is 25.7 Å². The summed E-state index contributed by atoms with van der Waals surface area (Å²) in [4.78, 5) is 23.1. The molecule has 0 aromatic heterocycles. The van der Waals surface area contributed by atoms with Gasteiger partial charge in [0.25, 0.3) is 5.78 Å². The maximum absolute atomic E-state index is 11.8. The van der Waals surface area contributed by atoms with E-state index in [4.69, 9.17) is 16.3 Å². The predicted molar refractivity (Wildman–Crippen MR) is 60.0 cm³/mol. The van der Waals surface area contributed by atoms with Crippen LogP contribution in [-0.4, -0.2) is 18.4 Å². The molecule has 3 nitrogen and oxygen atoms in total. The fourth-order valence-electron chi connectivity index (χ4n) is 2.64. The molecule has 0 N–H and O–H groups in total. The molecule has 0 bridgehead atoms. The van der Waals surface area contributed by atoms with Crippen LogP contribution in [0.1, 0.15) is 32.6 Å². The van der Waals surface area contributed by atoms with Crippen molar-refractivity contribution in [3.63, 3.8) is 0 Å². The fourth-order valence-corrected chi connectivity index (χ4v) is 3.13. The molecule has 2 atom stereocenters. The van der Waals surface area contributed by atoms with E-state index in [1.807, 2.05) is 0 Å². The molecule has 2 rings (SSSR count). The number of Topliss-reactive ketones (excluding diaryl/α,β-unsaturated/α-hetero) is 1. The van der Waals surface area contributed by atoms with Gasteiger partial charge in [0, 0.05) is 16.5 Å². The highest BCUT2D eigenvalue weighted by Gasteiger charge is 2.45. The average Bonchev–Trinajstić information content (AvgIpc) is 2.29. The van der Waals surface area contributed by atoms with Crippen LogP contribution < -0.4 is 0 Å². The van der Waals surface area contributed by atoms with Crippen LogP contribution in [0.4, 0.5) is 0 Å². The molecule has 16 heavy (non-hydrogen) atoms. The lowest BCUT2D eigenvalue weighted by Crippen LogP contribution is -2.38. The van der Waals surface area contributed by atoms with Gasteiger partial charge >= 0.3 is 5.97 Å². The molecule has 0 aliphatic heterocycles. The number of hydrogen-bond acceptors (Lipinski definition) is 3. The second-order valence-electron chi connectivity index (χ2n) is 4.31. The first-order valence-corrected chi connectivity index (χ1v) is 6.15. The highest BCUT2D eigenvalue weighted by atomic mass is 35.5. The Morgan fingerprint density at radius 3 is 2.56 bits per heavy atom. The number of halogens is 1. The predicted octanol–water partition coefficient (Wildman–Crippen LogP) is 2.43. The number of esters is 1. The van der Waals surface area contributed by atoms with Crippen molar-refractivity contribution in [2.45, 2.75) is 32.6 Å². The van der Waals surface area contributed by atoms with E-state index in [0.29, 0.717) is 16.5 Å². The van der Waals surface area contributed by atoms with Gasteiger partial charge in [-0.15, -0.1) is 0 Å². The summed E-state index contributed by atoms with van der Waals surface area (Å²) in [6.07, 6.45) is 4.30. The molecule has 88 valence electrons. The summed E-state index contributed by atoms with van der Waals surface area (Å²) >= 11 is 6.08. The standard InChI is InChI=1S/C12H15ClO3/c1-2-16-12(15)11(14)9-7-5-3-4-6-8(7)10(9)13/h7-8H,2-6H2,1H3/t7-,8+/m0/s1. The van der Waals surface area contributed by atoms with E-state index in [1.165, 1.54) is 0 Å². The van der Waals surface area contributed by atoms with Crippen molar-refractivity contribution in [3.8, 4) is 0 Å². The SMILES string of the molecule is CCOC(=O)C(=O)C1=C(Cl)[C@@H]2CCCC[C@H]12. The van der Waals surface area contributed by atoms with Gasteiger partial charge < -0.3 is 4.74 Å². The molecule has 0 unspecified atom stereocenters. The summed E-state index contributed by atoms with van der Waals surface area (Å²) in [5.74, 6) is -0.767. The largest absolute Gasteiger partial charge is 0.460 e. The number of rotatable bonds is 3. The van der Waals surface area contributed by atoms with Crippen LogP contribution in [0.2, 0.25) is 0 Å². The molecule has 1 saturated carbocycles. The first kappa shape index (κ1) is 11.6. The molecule has 0 amide bonds. The fraction of sp³-hybridized carbons (Fsp3) is 0.667. The molecule has 1 fully saturated rings. The zero-order chi connectivity index (χ0) is 11.7. The van der Waals surface area contributed by atoms with Gasteiger partial charge in [-0.25, -0.2) is 4.79 Å². The normalized spacial score (nSPS) is 28.1. The Labute approximate surface area is 99.8 Å². The number of ketones is 1. The highest BCUT2D eigenvalue weighted by molar-refractivity contribution is 6.45. The minimum atomic E-state index is -0.764. The summed E-state index contributed by atoms with van der Waals surface area (Å²) in [7, 11) is 0. The van der Waals surface area contributed by atoms with Crippen molar-refractivity contribution < 1.29 is 14.3 Å². The lowest BCUT2D eigenvalue weighted by atomic mass is 9.65. The molecule has 0 aromatic carbocycles. The number of fused-ring (bicyclic) bond motifs is 1. The van der Waals surface area contributed by atoms with Crippen LogP contribution in [0.15, 0.2) is 10.6 Å². The van der Waals surface area contributed by atoms with E-state index < -0.39 is 11.8 Å². The highest BCUT2D eigenvalue weighted by Crippen LogP contribution is 2.51. The molecule has 4 heteroatoms.